The van der Waals surface area contributed by atoms with E-state index < -0.39 is 21.5 Å². The topological polar surface area (TPSA) is 0 Å². The summed E-state index contributed by atoms with van der Waals surface area (Å²) in [5.74, 6) is -0.275. The summed E-state index contributed by atoms with van der Waals surface area (Å²) in [7, 11) is 18.3. The van der Waals surface area contributed by atoms with Gasteiger partial charge in [0.05, 0.1) is 0 Å². The zero-order chi connectivity index (χ0) is 40.3. The maximum absolute atomic E-state index is 9.15. The number of allylic oxidation sites excluding steroid dienone is 2. The van der Waals surface area contributed by atoms with Gasteiger partial charge >= 0.3 is 364 Å². The molecule has 0 amide bonds. The quantitative estimate of drug-likeness (QED) is 0.0926. The van der Waals surface area contributed by atoms with Gasteiger partial charge in [0.15, 0.2) is 0 Å². The normalized spacial score (nSPS) is 21.1. The average molecular weight is 908 g/mol. The first-order valence-electron chi connectivity index (χ1n) is 23.6. The van der Waals surface area contributed by atoms with Crippen molar-refractivity contribution in [3.8, 4) is 22.3 Å². The molecule has 0 spiro atoms. The molecular formula is C54H69Cl2SiZr. The van der Waals surface area contributed by atoms with Gasteiger partial charge in [-0.3, -0.25) is 0 Å². The average Bonchev–Trinajstić information content (AvgIpc) is 3.53. The van der Waals surface area contributed by atoms with Crippen LogP contribution in [-0.4, -0.2) is 5.92 Å². The van der Waals surface area contributed by atoms with Gasteiger partial charge in [-0.15, -0.1) is 0 Å². The zero-order valence-corrected chi connectivity index (χ0v) is 41.2. The van der Waals surface area contributed by atoms with Crippen LogP contribution in [0.4, 0.5) is 0 Å². The molecule has 0 radical (unpaired) electrons. The van der Waals surface area contributed by atoms with Crippen molar-refractivity contribution in [3.63, 3.8) is 0 Å². The molecule has 2 fully saturated rings. The van der Waals surface area contributed by atoms with Crippen molar-refractivity contribution >= 4 is 35.1 Å². The van der Waals surface area contributed by atoms with Crippen LogP contribution in [0.3, 0.4) is 0 Å². The third kappa shape index (κ3) is 8.46. The van der Waals surface area contributed by atoms with Crippen molar-refractivity contribution in [2.75, 3.05) is 0 Å². The number of aryl methyl sites for hydroxylation is 2. The molecule has 0 aliphatic heterocycles. The molecule has 2 unspecified atom stereocenters. The molecule has 4 aromatic carbocycles. The van der Waals surface area contributed by atoms with Crippen molar-refractivity contribution in [1.29, 1.82) is 0 Å². The molecule has 4 aromatic rings. The van der Waals surface area contributed by atoms with Gasteiger partial charge in [0.1, 0.15) is 0 Å². The summed E-state index contributed by atoms with van der Waals surface area (Å²) in [4.78, 5) is 0. The molecule has 4 aliphatic rings. The van der Waals surface area contributed by atoms with Gasteiger partial charge in [-0.05, 0) is 0 Å². The van der Waals surface area contributed by atoms with E-state index in [0.717, 1.165) is 25.7 Å². The van der Waals surface area contributed by atoms with Crippen molar-refractivity contribution in [3.05, 3.63) is 129 Å². The third-order valence-electron chi connectivity index (χ3n) is 15.1. The number of halogens is 2. The van der Waals surface area contributed by atoms with Gasteiger partial charge in [0.2, 0.25) is 0 Å². The van der Waals surface area contributed by atoms with Crippen molar-refractivity contribution in [2.45, 2.75) is 150 Å². The van der Waals surface area contributed by atoms with E-state index in [1.807, 2.05) is 0 Å². The number of benzene rings is 4. The summed E-state index contributed by atoms with van der Waals surface area (Å²) >= 11 is -5.00. The Morgan fingerprint density at radius 1 is 0.517 bits per heavy atom. The Labute approximate surface area is 361 Å². The summed E-state index contributed by atoms with van der Waals surface area (Å²) in [5, 5.41) is 0. The Morgan fingerprint density at radius 2 is 0.897 bits per heavy atom. The predicted molar refractivity (Wildman–Crippen MR) is 255 cm³/mol. The van der Waals surface area contributed by atoms with E-state index in [4.69, 9.17) is 17.0 Å². The van der Waals surface area contributed by atoms with Crippen LogP contribution in [0.15, 0.2) is 96.1 Å². The molecule has 4 heteroatoms. The molecule has 4 aliphatic carbocycles. The molecule has 2 atom stereocenters. The molecule has 0 nitrogen and oxygen atoms in total. The van der Waals surface area contributed by atoms with Crippen LogP contribution < -0.4 is 0 Å². The molecule has 0 heterocycles. The fraction of sp³-hybridized carbons (Fsp3) is 0.481. The standard InChI is InChI=1S/2C26H31.C2H7Si.2ClH.Zr/c2*1-2-8-20-13-15-23(16-14-20)25-12-7-11-24-18-22(19-26(24)25)17-21-9-5-3-4-6-10-21;1-3-2;;;/h2*7,11-16,18-19,21H,2-6,8-10,17H2,1H3;3H,1-2H3;2*1H;/q;;;;;+2/p-2. The van der Waals surface area contributed by atoms with Gasteiger partial charge < -0.3 is 0 Å². The second-order valence-corrected chi connectivity index (χ2v) is 61.8. The minimum absolute atomic E-state index is 0.138. The summed E-state index contributed by atoms with van der Waals surface area (Å²) in [5.41, 5.74) is 17.1. The molecule has 0 aromatic heterocycles. The van der Waals surface area contributed by atoms with Crippen LogP contribution >= 0.6 is 17.0 Å². The molecule has 307 valence electrons. The van der Waals surface area contributed by atoms with E-state index in [9.17, 15) is 0 Å². The molecule has 0 N–H and O–H groups in total. The van der Waals surface area contributed by atoms with Gasteiger partial charge in [0.25, 0.3) is 0 Å². The van der Waals surface area contributed by atoms with E-state index in [0.29, 0.717) is 11.8 Å². The monoisotopic (exact) mass is 905 g/mol. The van der Waals surface area contributed by atoms with E-state index in [1.165, 1.54) is 146 Å². The fourth-order valence-corrected chi connectivity index (χ4v) is 43.4. The van der Waals surface area contributed by atoms with Crippen LogP contribution in [0.5, 0.6) is 0 Å². The number of hydrogen-bond acceptors (Lipinski definition) is 0. The van der Waals surface area contributed by atoms with Crippen LogP contribution in [0.25, 0.3) is 34.4 Å². The summed E-state index contributed by atoms with van der Waals surface area (Å²) in [6.07, 6.45) is 28.4. The Bertz CT molecular complexity index is 1950. The fourth-order valence-electron chi connectivity index (χ4n) is 12.0. The molecule has 0 saturated heterocycles. The van der Waals surface area contributed by atoms with Gasteiger partial charge in [-0.25, -0.2) is 0 Å². The summed E-state index contributed by atoms with van der Waals surface area (Å²) < 4.78 is 0.277. The van der Waals surface area contributed by atoms with E-state index in [1.54, 1.807) is 11.1 Å². The number of rotatable bonds is 13. The second-order valence-electron chi connectivity index (χ2n) is 19.3. The molecule has 8 rings (SSSR count). The SMILES string of the molecule is CCCc1ccc(-c2cccc3c2C=C(CC2CCCCCC2)[CH]3[Zr]([Cl])([Cl])([CH]2C(CC3CCCCCC3)=Cc3c(-c4ccc(CCC)cc4)cccc32)[SiH](C)C)cc1. The van der Waals surface area contributed by atoms with Crippen molar-refractivity contribution in [1.82, 2.24) is 0 Å². The van der Waals surface area contributed by atoms with Crippen molar-refractivity contribution in [2.24, 2.45) is 11.8 Å². The Balaban J connectivity index is 1.30. The second kappa shape index (κ2) is 18.6. The third-order valence-corrected chi connectivity index (χ3v) is 67.0. The van der Waals surface area contributed by atoms with Crippen LogP contribution in [0.2, 0.25) is 13.1 Å². The van der Waals surface area contributed by atoms with Crippen LogP contribution in [0, 0.1) is 11.8 Å². The van der Waals surface area contributed by atoms with Crippen LogP contribution in [0.1, 0.15) is 157 Å². The first-order chi connectivity index (χ1) is 28.2. The van der Waals surface area contributed by atoms with Crippen molar-refractivity contribution < 1.29 is 15.6 Å². The van der Waals surface area contributed by atoms with E-state index in [-0.39, 0.29) is 7.25 Å². The van der Waals surface area contributed by atoms with E-state index >= 15 is 0 Å². The summed E-state index contributed by atoms with van der Waals surface area (Å²) in [6, 6.07) is 33.2. The molecule has 2 saturated carbocycles. The Morgan fingerprint density at radius 3 is 1.24 bits per heavy atom. The Hall–Kier alpha value is -1.96. The zero-order valence-electron chi connectivity index (χ0n) is 36.1. The summed E-state index contributed by atoms with van der Waals surface area (Å²) in [6.45, 7) is 9.66. The van der Waals surface area contributed by atoms with Gasteiger partial charge in [0, 0.05) is 0 Å². The first kappa shape index (κ1) is 42.7. The molecular weight excluding hydrogens is 839 g/mol. The molecule has 58 heavy (non-hydrogen) atoms. The van der Waals surface area contributed by atoms with E-state index in [2.05, 4.69) is 124 Å². The van der Waals surface area contributed by atoms with Gasteiger partial charge in [-0.1, -0.05) is 0 Å². The molecule has 0 bridgehead atoms. The minimum atomic E-state index is -5.00. The number of hydrogen-bond donors (Lipinski definition) is 0. The first-order valence-corrected chi connectivity index (χ1v) is 39.9. The predicted octanol–water partition coefficient (Wildman–Crippen LogP) is 17.2. The van der Waals surface area contributed by atoms with Crippen LogP contribution in [-0.2, 0) is 28.4 Å². The van der Waals surface area contributed by atoms with Gasteiger partial charge in [-0.2, -0.15) is 0 Å². The maximum atomic E-state index is 9.15. The number of fused-ring (bicyclic) bond motifs is 2. The Kier molecular flexibility index (Phi) is 13.7.